The van der Waals surface area contributed by atoms with Crippen LogP contribution in [0.15, 0.2) is 0 Å². The van der Waals surface area contributed by atoms with Crippen LogP contribution in [-0.2, 0) is 0 Å². The van der Waals surface area contributed by atoms with E-state index in [1.165, 1.54) is 26.1 Å². The summed E-state index contributed by atoms with van der Waals surface area (Å²) in [5.41, 5.74) is 0.340. The minimum atomic E-state index is 0.340. The molecule has 0 saturated carbocycles. The van der Waals surface area contributed by atoms with Crippen molar-refractivity contribution >= 4 is 0 Å². The monoisotopic (exact) mass is 241 g/mol. The Kier molecular flexibility index (Phi) is 5.42. The lowest BCUT2D eigenvalue weighted by Crippen LogP contribution is -2.54. The maximum absolute atomic E-state index is 3.66. The summed E-state index contributed by atoms with van der Waals surface area (Å²) in [6, 6.07) is 1.29. The fourth-order valence-corrected chi connectivity index (χ4v) is 2.62. The van der Waals surface area contributed by atoms with E-state index in [-0.39, 0.29) is 0 Å². The van der Waals surface area contributed by atoms with Crippen molar-refractivity contribution in [1.29, 1.82) is 0 Å². The van der Waals surface area contributed by atoms with Gasteiger partial charge < -0.3 is 15.1 Å². The summed E-state index contributed by atoms with van der Waals surface area (Å²) in [7, 11) is 4.50. The molecule has 1 saturated heterocycles. The van der Waals surface area contributed by atoms with Gasteiger partial charge >= 0.3 is 0 Å². The van der Waals surface area contributed by atoms with Crippen LogP contribution in [0.25, 0.3) is 0 Å². The maximum Gasteiger partial charge on any atom is 0.0235 e. The average molecular weight is 241 g/mol. The first-order valence-corrected chi connectivity index (χ1v) is 6.96. The summed E-state index contributed by atoms with van der Waals surface area (Å²) in [6.45, 7) is 13.9. The first-order valence-electron chi connectivity index (χ1n) is 6.96. The van der Waals surface area contributed by atoms with Crippen LogP contribution in [0.2, 0.25) is 0 Å². The van der Waals surface area contributed by atoms with Crippen molar-refractivity contribution in [3.05, 3.63) is 0 Å². The quantitative estimate of drug-likeness (QED) is 0.807. The van der Waals surface area contributed by atoms with Crippen LogP contribution >= 0.6 is 0 Å². The van der Waals surface area contributed by atoms with Gasteiger partial charge in [0.05, 0.1) is 0 Å². The highest BCUT2D eigenvalue weighted by atomic mass is 15.3. The third kappa shape index (κ3) is 4.57. The minimum absolute atomic E-state index is 0.340. The van der Waals surface area contributed by atoms with Gasteiger partial charge in [-0.15, -0.1) is 0 Å². The van der Waals surface area contributed by atoms with Crippen LogP contribution in [0.5, 0.6) is 0 Å². The third-order valence-electron chi connectivity index (χ3n) is 3.98. The highest BCUT2D eigenvalue weighted by Crippen LogP contribution is 2.25. The van der Waals surface area contributed by atoms with Gasteiger partial charge in [-0.05, 0) is 32.5 Å². The first-order chi connectivity index (χ1) is 7.84. The molecule has 2 unspecified atom stereocenters. The molecule has 0 radical (unpaired) electrons. The highest BCUT2D eigenvalue weighted by molar-refractivity contribution is 4.88. The number of hydrogen-bond acceptors (Lipinski definition) is 3. The zero-order valence-corrected chi connectivity index (χ0v) is 12.6. The van der Waals surface area contributed by atoms with Gasteiger partial charge in [-0.2, -0.15) is 0 Å². The van der Waals surface area contributed by atoms with Crippen LogP contribution < -0.4 is 5.32 Å². The van der Waals surface area contributed by atoms with Crippen molar-refractivity contribution in [1.82, 2.24) is 15.1 Å². The number of nitrogens with one attached hydrogen (secondary N) is 1. The second-order valence-electron chi connectivity index (χ2n) is 6.61. The largest absolute Gasteiger partial charge is 0.314 e. The van der Waals surface area contributed by atoms with E-state index in [2.05, 4.69) is 56.9 Å². The standard InChI is InChI=1S/C14H31N3/c1-7-15-13(14(2,3)4)10-12-11-16(5)8-9-17(12)6/h12-13,15H,7-11H2,1-6H3. The molecular weight excluding hydrogens is 210 g/mol. The van der Waals surface area contributed by atoms with E-state index in [9.17, 15) is 0 Å². The molecule has 0 aromatic carbocycles. The summed E-state index contributed by atoms with van der Waals surface area (Å²) >= 11 is 0. The van der Waals surface area contributed by atoms with E-state index in [4.69, 9.17) is 0 Å². The fraction of sp³-hybridized carbons (Fsp3) is 1.00. The number of nitrogens with zero attached hydrogens (tertiary/aromatic N) is 2. The van der Waals surface area contributed by atoms with E-state index in [1.54, 1.807) is 0 Å². The zero-order chi connectivity index (χ0) is 13.1. The molecule has 1 fully saturated rings. The number of piperazine rings is 1. The Morgan fingerprint density at radius 3 is 2.41 bits per heavy atom. The van der Waals surface area contributed by atoms with Crippen molar-refractivity contribution in [2.24, 2.45) is 5.41 Å². The van der Waals surface area contributed by atoms with Crippen LogP contribution in [0.4, 0.5) is 0 Å². The van der Waals surface area contributed by atoms with Crippen LogP contribution in [0.3, 0.4) is 0 Å². The molecule has 1 heterocycles. The highest BCUT2D eigenvalue weighted by Gasteiger charge is 2.30. The van der Waals surface area contributed by atoms with Gasteiger partial charge in [0, 0.05) is 31.7 Å². The molecular formula is C14H31N3. The van der Waals surface area contributed by atoms with Crippen LogP contribution in [0, 0.1) is 5.41 Å². The second kappa shape index (κ2) is 6.17. The van der Waals surface area contributed by atoms with E-state index in [0.29, 0.717) is 17.5 Å². The molecule has 1 N–H and O–H groups in total. The Labute approximate surface area is 108 Å². The van der Waals surface area contributed by atoms with Gasteiger partial charge in [-0.25, -0.2) is 0 Å². The Morgan fingerprint density at radius 2 is 1.88 bits per heavy atom. The van der Waals surface area contributed by atoms with E-state index in [0.717, 1.165) is 6.54 Å². The van der Waals surface area contributed by atoms with Crippen LogP contribution in [0.1, 0.15) is 34.1 Å². The number of likely N-dealkylation sites (N-methyl/N-ethyl adjacent to an activating group) is 2. The molecule has 0 aromatic rings. The zero-order valence-electron chi connectivity index (χ0n) is 12.6. The molecule has 1 rings (SSSR count). The minimum Gasteiger partial charge on any atom is -0.314 e. The Balaban J connectivity index is 2.59. The van der Waals surface area contributed by atoms with Crippen LogP contribution in [-0.4, -0.2) is 62.2 Å². The van der Waals surface area contributed by atoms with Crippen molar-refractivity contribution in [3.8, 4) is 0 Å². The second-order valence-corrected chi connectivity index (χ2v) is 6.61. The van der Waals surface area contributed by atoms with Crippen molar-refractivity contribution in [2.45, 2.75) is 46.2 Å². The molecule has 102 valence electrons. The summed E-state index contributed by atoms with van der Waals surface area (Å²) in [5, 5.41) is 3.66. The van der Waals surface area contributed by atoms with Crippen molar-refractivity contribution in [3.63, 3.8) is 0 Å². The molecule has 1 aliphatic heterocycles. The Hall–Kier alpha value is -0.120. The predicted molar refractivity (Wildman–Crippen MR) is 75.5 cm³/mol. The first kappa shape index (κ1) is 14.9. The lowest BCUT2D eigenvalue weighted by atomic mass is 9.82. The van der Waals surface area contributed by atoms with Crippen molar-refractivity contribution in [2.75, 3.05) is 40.3 Å². The molecule has 3 heteroatoms. The molecule has 2 atom stereocenters. The normalized spacial score (nSPS) is 26.1. The molecule has 0 bridgehead atoms. The predicted octanol–water partition coefficient (Wildman–Crippen LogP) is 1.65. The summed E-state index contributed by atoms with van der Waals surface area (Å²) in [4.78, 5) is 4.98. The molecule has 3 nitrogen and oxygen atoms in total. The molecule has 17 heavy (non-hydrogen) atoms. The fourth-order valence-electron chi connectivity index (χ4n) is 2.62. The van der Waals surface area contributed by atoms with E-state index in [1.807, 2.05) is 0 Å². The van der Waals surface area contributed by atoms with Gasteiger partial charge in [0.1, 0.15) is 0 Å². The van der Waals surface area contributed by atoms with E-state index >= 15 is 0 Å². The van der Waals surface area contributed by atoms with Gasteiger partial charge in [-0.1, -0.05) is 27.7 Å². The average Bonchev–Trinajstić information content (AvgIpc) is 2.21. The van der Waals surface area contributed by atoms with Gasteiger partial charge in [-0.3, -0.25) is 0 Å². The SMILES string of the molecule is CCNC(CC1CN(C)CCN1C)C(C)(C)C. The smallest absolute Gasteiger partial charge is 0.0235 e. The molecule has 0 amide bonds. The third-order valence-corrected chi connectivity index (χ3v) is 3.98. The maximum atomic E-state index is 3.66. The lowest BCUT2D eigenvalue weighted by Gasteiger charge is -2.42. The van der Waals surface area contributed by atoms with Gasteiger partial charge in [0.2, 0.25) is 0 Å². The summed E-state index contributed by atoms with van der Waals surface area (Å²) in [6.07, 6.45) is 1.25. The Bertz CT molecular complexity index is 222. The summed E-state index contributed by atoms with van der Waals surface area (Å²) < 4.78 is 0. The summed E-state index contributed by atoms with van der Waals surface area (Å²) in [5.74, 6) is 0. The molecule has 0 aromatic heterocycles. The van der Waals surface area contributed by atoms with Gasteiger partial charge in [0.15, 0.2) is 0 Å². The molecule has 1 aliphatic rings. The Morgan fingerprint density at radius 1 is 1.24 bits per heavy atom. The number of hydrogen-bond donors (Lipinski definition) is 1. The molecule has 0 spiro atoms. The topological polar surface area (TPSA) is 18.5 Å². The van der Waals surface area contributed by atoms with Gasteiger partial charge in [0.25, 0.3) is 0 Å². The van der Waals surface area contributed by atoms with E-state index < -0.39 is 0 Å². The molecule has 0 aliphatic carbocycles. The number of rotatable bonds is 4. The van der Waals surface area contributed by atoms with Crippen molar-refractivity contribution < 1.29 is 0 Å². The lowest BCUT2D eigenvalue weighted by molar-refractivity contribution is 0.0868.